The summed E-state index contributed by atoms with van der Waals surface area (Å²) < 4.78 is 10.7. The Morgan fingerprint density at radius 1 is 1.29 bits per heavy atom. The van der Waals surface area contributed by atoms with Gasteiger partial charge in [0.1, 0.15) is 0 Å². The molecule has 6 nitrogen and oxygen atoms in total. The van der Waals surface area contributed by atoms with Crippen LogP contribution in [-0.2, 0) is 4.79 Å². The lowest BCUT2D eigenvalue weighted by atomic mass is 10.1. The third kappa shape index (κ3) is 4.09. The van der Waals surface area contributed by atoms with Crippen LogP contribution in [0.25, 0.3) is 0 Å². The van der Waals surface area contributed by atoms with E-state index >= 15 is 0 Å². The zero-order valence-corrected chi connectivity index (χ0v) is 12.7. The molecule has 1 aliphatic heterocycles. The largest absolute Gasteiger partial charge is 0.480 e. The number of carboxylic acids is 1. The number of fused-ring (bicyclic) bond motifs is 1. The molecule has 1 aromatic carbocycles. The van der Waals surface area contributed by atoms with Gasteiger partial charge in [-0.05, 0) is 38.7 Å². The summed E-state index contributed by atoms with van der Waals surface area (Å²) in [5.74, 6) is 0.646. The van der Waals surface area contributed by atoms with Crippen LogP contribution < -0.4 is 9.47 Å². The maximum Gasteiger partial charge on any atom is 0.317 e. The van der Waals surface area contributed by atoms with Crippen molar-refractivity contribution < 1.29 is 19.4 Å². The topological polar surface area (TPSA) is 62.2 Å². The van der Waals surface area contributed by atoms with Gasteiger partial charge < -0.3 is 19.5 Å². The molecule has 0 fully saturated rings. The van der Waals surface area contributed by atoms with E-state index in [1.54, 1.807) is 0 Å². The third-order valence-corrected chi connectivity index (χ3v) is 3.60. The Hall–Kier alpha value is -1.79. The smallest absolute Gasteiger partial charge is 0.317 e. The fraction of sp³-hybridized carbons (Fsp3) is 0.533. The van der Waals surface area contributed by atoms with Crippen molar-refractivity contribution in [1.82, 2.24) is 9.80 Å². The molecule has 0 radical (unpaired) electrons. The first-order valence-electron chi connectivity index (χ1n) is 6.97. The van der Waals surface area contributed by atoms with Crippen molar-refractivity contribution in [2.45, 2.75) is 13.0 Å². The minimum Gasteiger partial charge on any atom is -0.480 e. The quantitative estimate of drug-likeness (QED) is 0.821. The van der Waals surface area contributed by atoms with Crippen molar-refractivity contribution in [2.75, 3.05) is 40.5 Å². The Morgan fingerprint density at radius 3 is 2.67 bits per heavy atom. The number of rotatable bonds is 7. The number of likely N-dealkylation sites (N-methyl/N-ethyl adjacent to an activating group) is 1. The van der Waals surface area contributed by atoms with E-state index in [4.69, 9.17) is 14.6 Å². The Labute approximate surface area is 124 Å². The van der Waals surface area contributed by atoms with Gasteiger partial charge in [-0.15, -0.1) is 0 Å². The standard InChI is InChI=1S/C15H22N2O4/c1-11(17(9-15(18)19)7-6-16(2)3)12-4-5-13-14(8-12)21-10-20-13/h4-5,8,11H,6-7,9-10H2,1-3H3,(H,18,19). The number of ether oxygens (including phenoxy) is 2. The van der Waals surface area contributed by atoms with Crippen molar-refractivity contribution in [2.24, 2.45) is 0 Å². The Bertz CT molecular complexity index is 504. The highest BCUT2D eigenvalue weighted by Crippen LogP contribution is 2.35. The van der Waals surface area contributed by atoms with Gasteiger partial charge >= 0.3 is 5.97 Å². The number of aliphatic carboxylic acids is 1. The molecule has 2 rings (SSSR count). The molecule has 116 valence electrons. The summed E-state index contributed by atoms with van der Waals surface area (Å²) in [5.41, 5.74) is 1.03. The zero-order valence-electron chi connectivity index (χ0n) is 12.7. The van der Waals surface area contributed by atoms with Crippen LogP contribution in [0.2, 0.25) is 0 Å². The molecule has 0 spiro atoms. The molecule has 1 N–H and O–H groups in total. The van der Waals surface area contributed by atoms with Crippen LogP contribution in [0, 0.1) is 0 Å². The molecule has 1 atom stereocenters. The Balaban J connectivity index is 2.12. The highest BCUT2D eigenvalue weighted by Gasteiger charge is 2.21. The molecular formula is C15H22N2O4. The second-order valence-electron chi connectivity index (χ2n) is 5.46. The first-order chi connectivity index (χ1) is 9.97. The zero-order chi connectivity index (χ0) is 15.4. The molecule has 0 saturated carbocycles. The second-order valence-corrected chi connectivity index (χ2v) is 5.46. The van der Waals surface area contributed by atoms with Gasteiger partial charge in [0, 0.05) is 19.1 Å². The molecule has 0 amide bonds. The minimum atomic E-state index is -0.818. The van der Waals surface area contributed by atoms with Crippen LogP contribution in [0.15, 0.2) is 18.2 Å². The van der Waals surface area contributed by atoms with E-state index in [2.05, 4.69) is 0 Å². The predicted octanol–water partition coefficient (Wildman–Crippen LogP) is 1.42. The van der Waals surface area contributed by atoms with Gasteiger partial charge in [-0.3, -0.25) is 9.69 Å². The van der Waals surface area contributed by atoms with E-state index in [9.17, 15) is 4.79 Å². The van der Waals surface area contributed by atoms with Gasteiger partial charge in [-0.25, -0.2) is 0 Å². The monoisotopic (exact) mass is 294 g/mol. The molecule has 1 heterocycles. The van der Waals surface area contributed by atoms with E-state index in [1.165, 1.54) is 0 Å². The van der Waals surface area contributed by atoms with Gasteiger partial charge in [-0.1, -0.05) is 6.07 Å². The van der Waals surface area contributed by atoms with Gasteiger partial charge in [-0.2, -0.15) is 0 Å². The lowest BCUT2D eigenvalue weighted by Gasteiger charge is -2.29. The summed E-state index contributed by atoms with van der Waals surface area (Å²) >= 11 is 0. The number of hydrogen-bond acceptors (Lipinski definition) is 5. The van der Waals surface area contributed by atoms with Crippen molar-refractivity contribution in [1.29, 1.82) is 0 Å². The fourth-order valence-electron chi connectivity index (χ4n) is 2.30. The highest BCUT2D eigenvalue weighted by atomic mass is 16.7. The summed E-state index contributed by atoms with van der Waals surface area (Å²) in [7, 11) is 3.95. The van der Waals surface area contributed by atoms with E-state index in [-0.39, 0.29) is 19.4 Å². The Morgan fingerprint density at radius 2 is 2.00 bits per heavy atom. The molecule has 21 heavy (non-hydrogen) atoms. The first kappa shape index (κ1) is 15.6. The predicted molar refractivity (Wildman–Crippen MR) is 78.7 cm³/mol. The fourth-order valence-corrected chi connectivity index (χ4v) is 2.30. The van der Waals surface area contributed by atoms with Crippen molar-refractivity contribution in [3.8, 4) is 11.5 Å². The van der Waals surface area contributed by atoms with Crippen LogP contribution in [0.5, 0.6) is 11.5 Å². The molecule has 1 unspecified atom stereocenters. The SMILES string of the molecule is CC(c1ccc2c(c1)OCO2)N(CCN(C)C)CC(=O)O. The third-order valence-electron chi connectivity index (χ3n) is 3.60. The second kappa shape index (κ2) is 6.78. The summed E-state index contributed by atoms with van der Waals surface area (Å²) in [6, 6.07) is 5.76. The van der Waals surface area contributed by atoms with Gasteiger partial charge in [0.05, 0.1) is 6.54 Å². The molecule has 1 aliphatic rings. The minimum absolute atomic E-state index is 0.00412. The van der Waals surface area contributed by atoms with Crippen LogP contribution in [-0.4, -0.2) is 61.4 Å². The van der Waals surface area contributed by atoms with E-state index < -0.39 is 5.97 Å². The highest BCUT2D eigenvalue weighted by molar-refractivity contribution is 5.69. The van der Waals surface area contributed by atoms with Crippen LogP contribution in [0.4, 0.5) is 0 Å². The number of carbonyl (C=O) groups is 1. The van der Waals surface area contributed by atoms with Crippen LogP contribution in [0.1, 0.15) is 18.5 Å². The van der Waals surface area contributed by atoms with Crippen LogP contribution >= 0.6 is 0 Å². The summed E-state index contributed by atoms with van der Waals surface area (Å²) in [6.45, 7) is 3.77. The molecule has 0 bridgehead atoms. The maximum atomic E-state index is 11.1. The summed E-state index contributed by atoms with van der Waals surface area (Å²) in [6.07, 6.45) is 0. The molecular weight excluding hydrogens is 272 g/mol. The molecule has 1 aromatic rings. The molecule has 0 aromatic heterocycles. The maximum absolute atomic E-state index is 11.1. The lowest BCUT2D eigenvalue weighted by Crippen LogP contribution is -2.37. The molecule has 6 heteroatoms. The molecule has 0 aliphatic carbocycles. The van der Waals surface area contributed by atoms with Crippen molar-refractivity contribution >= 4 is 5.97 Å². The molecule has 0 saturated heterocycles. The summed E-state index contributed by atoms with van der Waals surface area (Å²) in [5, 5.41) is 9.10. The van der Waals surface area contributed by atoms with Crippen molar-refractivity contribution in [3.05, 3.63) is 23.8 Å². The average Bonchev–Trinajstić information content (AvgIpc) is 2.89. The number of hydrogen-bond donors (Lipinski definition) is 1. The number of nitrogens with zero attached hydrogens (tertiary/aromatic N) is 2. The van der Waals surface area contributed by atoms with E-state index in [0.29, 0.717) is 6.54 Å². The van der Waals surface area contributed by atoms with E-state index in [1.807, 2.05) is 49.0 Å². The van der Waals surface area contributed by atoms with Gasteiger partial charge in [0.25, 0.3) is 0 Å². The van der Waals surface area contributed by atoms with Crippen molar-refractivity contribution in [3.63, 3.8) is 0 Å². The lowest BCUT2D eigenvalue weighted by molar-refractivity contribution is -0.138. The van der Waals surface area contributed by atoms with Crippen LogP contribution in [0.3, 0.4) is 0 Å². The number of benzene rings is 1. The average molecular weight is 294 g/mol. The number of carboxylic acid groups (broad SMARTS) is 1. The summed E-state index contributed by atoms with van der Waals surface area (Å²) in [4.78, 5) is 15.1. The van der Waals surface area contributed by atoms with Gasteiger partial charge in [0.15, 0.2) is 11.5 Å². The normalized spacial score (nSPS) is 14.7. The van der Waals surface area contributed by atoms with E-state index in [0.717, 1.165) is 23.6 Å². The van der Waals surface area contributed by atoms with Gasteiger partial charge in [0.2, 0.25) is 6.79 Å². The first-order valence-corrected chi connectivity index (χ1v) is 6.97. The Kier molecular flexibility index (Phi) is 5.03.